The van der Waals surface area contributed by atoms with Crippen LogP contribution in [-0.4, -0.2) is 11.8 Å². The fourth-order valence-electron chi connectivity index (χ4n) is 1.71. The van der Waals surface area contributed by atoms with Crippen LogP contribution in [0.15, 0.2) is 18.2 Å². The summed E-state index contributed by atoms with van der Waals surface area (Å²) in [5.74, 6) is -1.21. The van der Waals surface area contributed by atoms with Crippen LogP contribution in [0.2, 0.25) is 0 Å². The first-order valence-corrected chi connectivity index (χ1v) is 5.39. The Kier molecular flexibility index (Phi) is 2.83. The van der Waals surface area contributed by atoms with Gasteiger partial charge in [0.05, 0.1) is 5.56 Å². The number of carbonyl (C=O) groups excluding carboxylic acids is 2. The Balaban J connectivity index is 2.14. The number of nitrogens with one attached hydrogen (secondary N) is 1. The zero-order valence-electron chi connectivity index (χ0n) is 9.37. The number of hydrogen-bond donors (Lipinski definition) is 2. The Bertz CT molecular complexity index is 487. The van der Waals surface area contributed by atoms with Gasteiger partial charge in [-0.05, 0) is 30.5 Å². The molecule has 0 bridgehead atoms. The molecule has 1 aliphatic carbocycles. The highest BCUT2D eigenvalue weighted by molar-refractivity contribution is 5.97. The van der Waals surface area contributed by atoms with Crippen LogP contribution in [0, 0.1) is 17.7 Å². The molecule has 0 aromatic heterocycles. The average Bonchev–Trinajstić information content (AvgIpc) is 2.98. The van der Waals surface area contributed by atoms with Crippen LogP contribution in [0.5, 0.6) is 0 Å². The van der Waals surface area contributed by atoms with E-state index in [9.17, 15) is 14.0 Å². The molecule has 0 spiro atoms. The highest BCUT2D eigenvalue weighted by atomic mass is 19.1. The summed E-state index contributed by atoms with van der Waals surface area (Å²) >= 11 is 0. The number of hydrogen-bond acceptors (Lipinski definition) is 2. The molecule has 0 aliphatic heterocycles. The van der Waals surface area contributed by atoms with Crippen molar-refractivity contribution in [3.05, 3.63) is 29.6 Å². The summed E-state index contributed by atoms with van der Waals surface area (Å²) in [5.41, 5.74) is 5.19. The van der Waals surface area contributed by atoms with Crippen LogP contribution in [0.1, 0.15) is 23.7 Å². The lowest BCUT2D eigenvalue weighted by Crippen LogP contribution is -2.17. The average molecular weight is 236 g/mol. The normalized spacial score (nSPS) is 22.0. The maximum atomic E-state index is 13.2. The third-order valence-electron chi connectivity index (χ3n) is 2.95. The molecule has 5 heteroatoms. The predicted octanol–water partition coefficient (Wildman–Crippen LogP) is 1.52. The van der Waals surface area contributed by atoms with Crippen LogP contribution in [-0.2, 0) is 4.79 Å². The summed E-state index contributed by atoms with van der Waals surface area (Å²) in [5, 5.41) is 2.64. The van der Waals surface area contributed by atoms with Crippen molar-refractivity contribution in [2.45, 2.75) is 13.3 Å². The molecule has 2 amide bonds. The first-order valence-electron chi connectivity index (χ1n) is 5.39. The Morgan fingerprint density at radius 3 is 2.65 bits per heavy atom. The number of amides is 2. The zero-order valence-corrected chi connectivity index (χ0v) is 9.37. The molecular formula is C12H13FN2O2. The molecule has 90 valence electrons. The third-order valence-corrected chi connectivity index (χ3v) is 2.95. The third kappa shape index (κ3) is 2.43. The number of carbonyl (C=O) groups is 2. The highest BCUT2D eigenvalue weighted by Gasteiger charge is 2.39. The van der Waals surface area contributed by atoms with E-state index in [4.69, 9.17) is 5.73 Å². The standard InChI is InChI=1S/C12H13FN2O2/c1-6-4-8(6)12(17)15-7-2-3-10(13)9(5-7)11(14)16/h2-3,5-6,8H,4H2,1H3,(H2,14,16)(H,15,17)/t6-,8+/m1/s1. The smallest absolute Gasteiger partial charge is 0.251 e. The second-order valence-electron chi connectivity index (χ2n) is 4.37. The molecule has 0 radical (unpaired) electrons. The minimum atomic E-state index is -0.849. The van der Waals surface area contributed by atoms with Crippen molar-refractivity contribution in [2.24, 2.45) is 17.6 Å². The van der Waals surface area contributed by atoms with Gasteiger partial charge in [0.25, 0.3) is 5.91 Å². The van der Waals surface area contributed by atoms with Crippen LogP contribution in [0.3, 0.4) is 0 Å². The van der Waals surface area contributed by atoms with E-state index < -0.39 is 11.7 Å². The molecule has 2 atom stereocenters. The first-order chi connectivity index (χ1) is 7.99. The molecule has 17 heavy (non-hydrogen) atoms. The SMILES string of the molecule is C[C@@H]1C[C@@H]1C(=O)Nc1ccc(F)c(C(N)=O)c1. The lowest BCUT2D eigenvalue weighted by atomic mass is 10.1. The van der Waals surface area contributed by atoms with Gasteiger partial charge in [-0.2, -0.15) is 0 Å². The van der Waals surface area contributed by atoms with E-state index in [1.807, 2.05) is 6.92 Å². The predicted molar refractivity (Wildman–Crippen MR) is 60.8 cm³/mol. The maximum absolute atomic E-state index is 13.2. The van der Waals surface area contributed by atoms with E-state index in [0.717, 1.165) is 12.5 Å². The van der Waals surface area contributed by atoms with E-state index in [0.29, 0.717) is 11.6 Å². The highest BCUT2D eigenvalue weighted by Crippen LogP contribution is 2.38. The Labute approximate surface area is 98.0 Å². The maximum Gasteiger partial charge on any atom is 0.251 e. The van der Waals surface area contributed by atoms with Gasteiger partial charge in [-0.3, -0.25) is 9.59 Å². The zero-order chi connectivity index (χ0) is 12.6. The minimum absolute atomic E-state index is 0.0251. The Morgan fingerprint density at radius 1 is 1.47 bits per heavy atom. The van der Waals surface area contributed by atoms with E-state index in [1.54, 1.807) is 0 Å². The molecular weight excluding hydrogens is 223 g/mol. The summed E-state index contributed by atoms with van der Waals surface area (Å²) in [7, 11) is 0. The van der Waals surface area contributed by atoms with E-state index in [-0.39, 0.29) is 17.4 Å². The lowest BCUT2D eigenvalue weighted by Gasteiger charge is -2.06. The van der Waals surface area contributed by atoms with E-state index >= 15 is 0 Å². The van der Waals surface area contributed by atoms with Gasteiger partial charge in [0.2, 0.25) is 5.91 Å². The molecule has 3 N–H and O–H groups in total. The van der Waals surface area contributed by atoms with Gasteiger partial charge in [-0.15, -0.1) is 0 Å². The number of primary amides is 1. The van der Waals surface area contributed by atoms with Crippen LogP contribution >= 0.6 is 0 Å². The number of anilines is 1. The van der Waals surface area contributed by atoms with Gasteiger partial charge in [-0.25, -0.2) is 4.39 Å². The van der Waals surface area contributed by atoms with Gasteiger partial charge >= 0.3 is 0 Å². The van der Waals surface area contributed by atoms with Crippen LogP contribution in [0.4, 0.5) is 10.1 Å². The molecule has 1 fully saturated rings. The number of rotatable bonds is 3. The summed E-state index contributed by atoms with van der Waals surface area (Å²) < 4.78 is 13.2. The van der Waals surface area contributed by atoms with Crippen LogP contribution < -0.4 is 11.1 Å². The van der Waals surface area contributed by atoms with Crippen molar-refractivity contribution in [3.8, 4) is 0 Å². The van der Waals surface area contributed by atoms with Crippen molar-refractivity contribution in [1.82, 2.24) is 0 Å². The van der Waals surface area contributed by atoms with Crippen molar-refractivity contribution in [3.63, 3.8) is 0 Å². The monoisotopic (exact) mass is 236 g/mol. The van der Waals surface area contributed by atoms with Crippen molar-refractivity contribution in [2.75, 3.05) is 5.32 Å². The first kappa shape index (κ1) is 11.6. The molecule has 1 aliphatic rings. The Hall–Kier alpha value is -1.91. The van der Waals surface area contributed by atoms with E-state index in [1.165, 1.54) is 12.1 Å². The quantitative estimate of drug-likeness (QED) is 0.835. The summed E-state index contributed by atoms with van der Waals surface area (Å²) in [4.78, 5) is 22.6. The van der Waals surface area contributed by atoms with Crippen molar-refractivity contribution in [1.29, 1.82) is 0 Å². The number of halogens is 1. The fraction of sp³-hybridized carbons (Fsp3) is 0.333. The molecule has 4 nitrogen and oxygen atoms in total. The minimum Gasteiger partial charge on any atom is -0.366 e. The summed E-state index contributed by atoms with van der Waals surface area (Å²) in [6, 6.07) is 3.78. The summed E-state index contributed by atoms with van der Waals surface area (Å²) in [6.45, 7) is 1.99. The van der Waals surface area contributed by atoms with Gasteiger partial charge in [-0.1, -0.05) is 6.92 Å². The van der Waals surface area contributed by atoms with Gasteiger partial charge < -0.3 is 11.1 Å². The van der Waals surface area contributed by atoms with Gasteiger partial charge in [0, 0.05) is 11.6 Å². The van der Waals surface area contributed by atoms with E-state index in [2.05, 4.69) is 5.32 Å². The van der Waals surface area contributed by atoms with Gasteiger partial charge in [0.15, 0.2) is 0 Å². The molecule has 1 aromatic carbocycles. The van der Waals surface area contributed by atoms with Gasteiger partial charge in [0.1, 0.15) is 5.82 Å². The molecule has 1 aromatic rings. The fourth-order valence-corrected chi connectivity index (χ4v) is 1.71. The Morgan fingerprint density at radius 2 is 2.12 bits per heavy atom. The lowest BCUT2D eigenvalue weighted by molar-refractivity contribution is -0.117. The van der Waals surface area contributed by atoms with Crippen molar-refractivity contribution >= 4 is 17.5 Å². The summed E-state index contributed by atoms with van der Waals surface area (Å²) in [6.07, 6.45) is 0.871. The largest absolute Gasteiger partial charge is 0.366 e. The molecule has 0 saturated heterocycles. The second kappa shape index (κ2) is 4.16. The topological polar surface area (TPSA) is 72.2 Å². The van der Waals surface area contributed by atoms with Crippen molar-refractivity contribution < 1.29 is 14.0 Å². The number of nitrogens with two attached hydrogens (primary N) is 1. The molecule has 0 unspecified atom stereocenters. The number of benzene rings is 1. The molecule has 0 heterocycles. The second-order valence-corrected chi connectivity index (χ2v) is 4.37. The van der Waals surface area contributed by atoms with Crippen LogP contribution in [0.25, 0.3) is 0 Å². The molecule has 2 rings (SSSR count). The molecule has 1 saturated carbocycles.